The summed E-state index contributed by atoms with van der Waals surface area (Å²) in [6.45, 7) is 4.16. The minimum absolute atomic E-state index is 0.0777. The minimum atomic E-state index is 0.0777. The van der Waals surface area contributed by atoms with Crippen LogP contribution in [0.5, 0.6) is 11.5 Å². The van der Waals surface area contributed by atoms with Crippen LogP contribution in [0, 0.1) is 6.92 Å². The highest BCUT2D eigenvalue weighted by Crippen LogP contribution is 2.31. The molecule has 7 heteroatoms. The molecule has 0 atom stereocenters. The van der Waals surface area contributed by atoms with E-state index in [1.807, 2.05) is 13.8 Å². The van der Waals surface area contributed by atoms with Crippen LogP contribution in [0.4, 0.5) is 5.95 Å². The Bertz CT molecular complexity index is 652. The normalized spacial score (nSPS) is 11.2. The molecule has 6 nitrogen and oxygen atoms in total. The lowest BCUT2D eigenvalue weighted by molar-refractivity contribution is 0.318. The largest absolute Gasteiger partial charge is 0.504 e. The number of anilines is 1. The van der Waals surface area contributed by atoms with Crippen LogP contribution >= 0.6 is 15.9 Å². The third-order valence-corrected chi connectivity index (χ3v) is 3.22. The fraction of sp³-hybridized carbons (Fsp3) is 0.231. The highest BCUT2D eigenvalue weighted by Gasteiger charge is 2.07. The summed E-state index contributed by atoms with van der Waals surface area (Å²) in [4.78, 5) is 4.06. The number of phenols is 1. The van der Waals surface area contributed by atoms with E-state index in [0.29, 0.717) is 22.8 Å². The van der Waals surface area contributed by atoms with E-state index in [-0.39, 0.29) is 5.75 Å². The van der Waals surface area contributed by atoms with Crippen molar-refractivity contribution >= 4 is 28.1 Å². The Labute approximate surface area is 125 Å². The van der Waals surface area contributed by atoms with E-state index in [2.05, 4.69) is 26.0 Å². The number of rotatable bonds is 4. The van der Waals surface area contributed by atoms with Crippen molar-refractivity contribution < 1.29 is 9.84 Å². The molecule has 1 aromatic heterocycles. The molecular weight excluding hydrogens is 324 g/mol. The summed E-state index contributed by atoms with van der Waals surface area (Å²) < 4.78 is 7.52. The van der Waals surface area contributed by atoms with Gasteiger partial charge in [-0.25, -0.2) is 9.66 Å². The Hall–Kier alpha value is -2.02. The smallest absolute Gasteiger partial charge is 0.221 e. The molecule has 0 spiro atoms. The molecule has 0 fully saturated rings. The van der Waals surface area contributed by atoms with Crippen LogP contribution < -0.4 is 10.5 Å². The van der Waals surface area contributed by atoms with Gasteiger partial charge in [-0.15, -0.1) is 0 Å². The molecule has 0 aliphatic rings. The number of nitrogens with two attached hydrogens (primary N) is 1. The first kappa shape index (κ1) is 14.4. The van der Waals surface area contributed by atoms with Gasteiger partial charge in [0.05, 0.1) is 24.7 Å². The van der Waals surface area contributed by atoms with Crippen LogP contribution in [0.1, 0.15) is 18.2 Å². The molecule has 0 radical (unpaired) electrons. The van der Waals surface area contributed by atoms with E-state index in [9.17, 15) is 5.11 Å². The monoisotopic (exact) mass is 338 g/mol. The van der Waals surface area contributed by atoms with E-state index >= 15 is 0 Å². The molecule has 0 saturated carbocycles. The van der Waals surface area contributed by atoms with Crippen LogP contribution in [0.3, 0.4) is 0 Å². The lowest BCUT2D eigenvalue weighted by Crippen LogP contribution is -1.98. The molecule has 0 amide bonds. The molecule has 0 bridgehead atoms. The Morgan fingerprint density at radius 3 is 2.90 bits per heavy atom. The number of halogens is 1. The minimum Gasteiger partial charge on any atom is -0.504 e. The van der Waals surface area contributed by atoms with Gasteiger partial charge in [-0.2, -0.15) is 5.10 Å². The van der Waals surface area contributed by atoms with Crippen LogP contribution in [-0.4, -0.2) is 27.6 Å². The van der Waals surface area contributed by atoms with Gasteiger partial charge in [-0.1, -0.05) is 0 Å². The molecule has 1 heterocycles. The van der Waals surface area contributed by atoms with Gasteiger partial charge in [0.1, 0.15) is 0 Å². The van der Waals surface area contributed by atoms with Crippen molar-refractivity contribution in [1.29, 1.82) is 0 Å². The summed E-state index contributed by atoms with van der Waals surface area (Å²) >= 11 is 3.37. The molecular formula is C13H15BrN4O2. The summed E-state index contributed by atoms with van der Waals surface area (Å²) in [7, 11) is 0. The fourth-order valence-corrected chi connectivity index (χ4v) is 2.08. The van der Waals surface area contributed by atoms with E-state index in [0.717, 1.165) is 11.3 Å². The number of imidazole rings is 1. The van der Waals surface area contributed by atoms with Crippen LogP contribution in [0.15, 0.2) is 27.9 Å². The van der Waals surface area contributed by atoms with E-state index in [1.54, 1.807) is 24.5 Å². The highest BCUT2D eigenvalue weighted by molar-refractivity contribution is 9.10. The van der Waals surface area contributed by atoms with Crippen molar-refractivity contribution in [2.45, 2.75) is 13.8 Å². The predicted molar refractivity (Wildman–Crippen MR) is 81.3 cm³/mol. The van der Waals surface area contributed by atoms with Crippen molar-refractivity contribution in [3.8, 4) is 11.5 Å². The number of aromatic nitrogens is 2. The van der Waals surface area contributed by atoms with Crippen molar-refractivity contribution in [1.82, 2.24) is 9.66 Å². The summed E-state index contributed by atoms with van der Waals surface area (Å²) in [6.07, 6.45) is 3.34. The molecule has 20 heavy (non-hydrogen) atoms. The molecule has 3 N–H and O–H groups in total. The van der Waals surface area contributed by atoms with E-state index < -0.39 is 0 Å². The van der Waals surface area contributed by atoms with Crippen LogP contribution in [0.2, 0.25) is 0 Å². The zero-order valence-corrected chi connectivity index (χ0v) is 12.8. The Morgan fingerprint density at radius 2 is 2.30 bits per heavy atom. The molecule has 0 aliphatic carbocycles. The summed E-state index contributed by atoms with van der Waals surface area (Å²) in [5, 5.41) is 14.0. The maximum absolute atomic E-state index is 9.74. The number of phenolic OH excluding ortho intramolecular Hbond substituents is 1. The number of nitrogen functional groups attached to an aromatic ring is 1. The summed E-state index contributed by atoms with van der Waals surface area (Å²) in [6, 6.07) is 3.27. The highest BCUT2D eigenvalue weighted by atomic mass is 79.9. The van der Waals surface area contributed by atoms with Crippen LogP contribution in [-0.2, 0) is 0 Å². The Kier molecular flexibility index (Phi) is 4.29. The van der Waals surface area contributed by atoms with Gasteiger partial charge in [0.25, 0.3) is 0 Å². The van der Waals surface area contributed by atoms with Gasteiger partial charge in [0.2, 0.25) is 5.95 Å². The molecule has 2 rings (SSSR count). The summed E-state index contributed by atoms with van der Waals surface area (Å²) in [5.74, 6) is 0.805. The first-order valence-electron chi connectivity index (χ1n) is 6.02. The van der Waals surface area contributed by atoms with Crippen LogP contribution in [0.25, 0.3) is 0 Å². The third-order valence-electron chi connectivity index (χ3n) is 2.53. The van der Waals surface area contributed by atoms with Gasteiger partial charge in [0, 0.05) is 10.0 Å². The number of benzene rings is 1. The second-order valence-corrected chi connectivity index (χ2v) is 4.96. The van der Waals surface area contributed by atoms with Gasteiger partial charge < -0.3 is 15.6 Å². The Balaban J connectivity index is 2.33. The number of aryl methyl sites for hydroxylation is 1. The predicted octanol–water partition coefficient (Wildman–Crippen LogP) is 2.52. The summed E-state index contributed by atoms with van der Waals surface area (Å²) in [5.41, 5.74) is 7.26. The van der Waals surface area contributed by atoms with Crippen molar-refractivity contribution in [3.63, 3.8) is 0 Å². The first-order chi connectivity index (χ1) is 9.51. The maximum atomic E-state index is 9.74. The number of nitrogens with zero attached hydrogens (tertiary/aromatic N) is 3. The average molecular weight is 339 g/mol. The molecule has 0 unspecified atom stereocenters. The van der Waals surface area contributed by atoms with Gasteiger partial charge in [0.15, 0.2) is 11.5 Å². The van der Waals surface area contributed by atoms with E-state index in [4.69, 9.17) is 10.5 Å². The molecule has 1 aromatic carbocycles. The van der Waals surface area contributed by atoms with Gasteiger partial charge >= 0.3 is 0 Å². The second-order valence-electron chi connectivity index (χ2n) is 4.10. The topological polar surface area (TPSA) is 85.7 Å². The SMILES string of the molecule is CCOc1cc(C=Nn2cc(C)nc2N)c(Br)cc1O. The van der Waals surface area contributed by atoms with Crippen molar-refractivity contribution in [2.24, 2.45) is 5.10 Å². The molecule has 106 valence electrons. The lowest BCUT2D eigenvalue weighted by Gasteiger charge is -2.08. The number of hydrogen-bond acceptors (Lipinski definition) is 5. The zero-order valence-electron chi connectivity index (χ0n) is 11.2. The number of ether oxygens (including phenoxy) is 1. The lowest BCUT2D eigenvalue weighted by atomic mass is 10.2. The second kappa shape index (κ2) is 5.96. The number of hydrogen-bond donors (Lipinski definition) is 2. The fourth-order valence-electron chi connectivity index (χ4n) is 1.65. The zero-order chi connectivity index (χ0) is 14.7. The van der Waals surface area contributed by atoms with E-state index in [1.165, 1.54) is 4.68 Å². The van der Waals surface area contributed by atoms with Crippen molar-refractivity contribution in [3.05, 3.63) is 34.1 Å². The number of aromatic hydroxyl groups is 1. The molecule has 0 saturated heterocycles. The quantitative estimate of drug-likeness (QED) is 0.838. The van der Waals surface area contributed by atoms with Gasteiger partial charge in [-0.05, 0) is 41.9 Å². The standard InChI is InChI=1S/C13H15BrN4O2/c1-3-20-12-4-9(10(14)5-11(12)19)6-16-18-7-8(2)17-13(18)15/h4-7,19H,3H2,1-2H3,(H2,15,17). The van der Waals surface area contributed by atoms with Crippen molar-refractivity contribution in [2.75, 3.05) is 12.3 Å². The Morgan fingerprint density at radius 1 is 1.55 bits per heavy atom. The van der Waals surface area contributed by atoms with Gasteiger partial charge in [-0.3, -0.25) is 0 Å². The first-order valence-corrected chi connectivity index (χ1v) is 6.81. The molecule has 0 aliphatic heterocycles. The third kappa shape index (κ3) is 3.11. The molecule has 2 aromatic rings. The maximum Gasteiger partial charge on any atom is 0.221 e. The average Bonchev–Trinajstić information content (AvgIpc) is 2.70.